The molecule has 1 aliphatic rings. The first kappa shape index (κ1) is 9.40. The molecule has 4 heteroatoms. The van der Waals surface area contributed by atoms with Crippen LogP contribution in [0.15, 0.2) is 18.3 Å². The molecule has 2 rings (SSSR count). The van der Waals surface area contributed by atoms with Crippen molar-refractivity contribution in [2.45, 2.75) is 18.9 Å². The van der Waals surface area contributed by atoms with E-state index in [0.29, 0.717) is 18.9 Å². The number of hydrogen-bond donors (Lipinski definition) is 1. The van der Waals surface area contributed by atoms with Gasteiger partial charge < -0.3 is 10.6 Å². The Hall–Kier alpha value is -1.16. The first-order chi connectivity index (χ1) is 6.64. The van der Waals surface area contributed by atoms with Crippen LogP contribution >= 0.6 is 0 Å². The molecule has 1 aromatic heterocycles. The predicted molar refractivity (Wildman–Crippen MR) is 53.6 cm³/mol. The molecule has 2 N–H and O–H groups in total. The van der Waals surface area contributed by atoms with Crippen LogP contribution in [0.2, 0.25) is 0 Å². The number of nitrogens with zero attached hydrogens (tertiary/aromatic N) is 2. The molecule has 0 amide bonds. The van der Waals surface area contributed by atoms with Gasteiger partial charge in [-0.05, 0) is 18.6 Å². The fraction of sp³-hybridized carbons (Fsp3) is 0.500. The molecule has 0 bridgehead atoms. The number of halogens is 1. The van der Waals surface area contributed by atoms with Crippen molar-refractivity contribution in [2.24, 2.45) is 5.73 Å². The zero-order chi connectivity index (χ0) is 10.2. The van der Waals surface area contributed by atoms with Crippen LogP contribution in [0.1, 0.15) is 13.3 Å². The first-order valence-electron chi connectivity index (χ1n) is 4.79. The Bertz CT molecular complexity index is 334. The molecule has 0 saturated carbocycles. The van der Waals surface area contributed by atoms with Crippen LogP contribution in [0, 0.1) is 5.82 Å². The Morgan fingerprint density at radius 1 is 1.64 bits per heavy atom. The molecule has 3 nitrogen and oxygen atoms in total. The number of nitrogens with two attached hydrogens (primary N) is 1. The second kappa shape index (κ2) is 3.20. The van der Waals surface area contributed by atoms with Crippen molar-refractivity contribution < 1.29 is 4.39 Å². The monoisotopic (exact) mass is 195 g/mol. The molecule has 1 saturated heterocycles. The Morgan fingerprint density at radius 3 is 2.93 bits per heavy atom. The van der Waals surface area contributed by atoms with Gasteiger partial charge in [-0.15, -0.1) is 0 Å². The van der Waals surface area contributed by atoms with Crippen molar-refractivity contribution in [3.05, 3.63) is 24.1 Å². The summed E-state index contributed by atoms with van der Waals surface area (Å²) in [5, 5.41) is 0. The van der Waals surface area contributed by atoms with Crippen molar-refractivity contribution in [2.75, 3.05) is 18.0 Å². The van der Waals surface area contributed by atoms with Crippen LogP contribution in [0.3, 0.4) is 0 Å². The van der Waals surface area contributed by atoms with Crippen molar-refractivity contribution in [3.8, 4) is 0 Å². The third-order valence-electron chi connectivity index (χ3n) is 2.75. The summed E-state index contributed by atoms with van der Waals surface area (Å²) in [4.78, 5) is 5.87. The highest BCUT2D eigenvalue weighted by Crippen LogP contribution is 2.27. The average Bonchev–Trinajstić information content (AvgIpc) is 2.14. The lowest BCUT2D eigenvalue weighted by Crippen LogP contribution is -2.67. The molecule has 2 heterocycles. The quantitative estimate of drug-likeness (QED) is 0.769. The zero-order valence-corrected chi connectivity index (χ0v) is 8.20. The number of rotatable bonds is 2. The van der Waals surface area contributed by atoms with E-state index in [4.69, 9.17) is 5.73 Å². The summed E-state index contributed by atoms with van der Waals surface area (Å²) < 4.78 is 13.3. The smallest absolute Gasteiger partial charge is 0.165 e. The molecule has 0 aliphatic carbocycles. The van der Waals surface area contributed by atoms with Gasteiger partial charge in [0.05, 0.1) is 5.54 Å². The summed E-state index contributed by atoms with van der Waals surface area (Å²) in [5.41, 5.74) is 5.84. The molecular formula is C10H14FN3. The van der Waals surface area contributed by atoms with Crippen LogP contribution in [-0.4, -0.2) is 23.6 Å². The van der Waals surface area contributed by atoms with Crippen LogP contribution in [0.25, 0.3) is 0 Å². The van der Waals surface area contributed by atoms with Gasteiger partial charge in [-0.25, -0.2) is 9.37 Å². The van der Waals surface area contributed by atoms with E-state index in [-0.39, 0.29) is 11.4 Å². The van der Waals surface area contributed by atoms with Crippen molar-refractivity contribution in [3.63, 3.8) is 0 Å². The van der Waals surface area contributed by atoms with E-state index < -0.39 is 0 Å². The molecular weight excluding hydrogens is 181 g/mol. The topological polar surface area (TPSA) is 42.1 Å². The minimum atomic E-state index is -0.273. The maximum atomic E-state index is 13.3. The second-order valence-electron chi connectivity index (χ2n) is 3.88. The lowest BCUT2D eigenvalue weighted by Gasteiger charge is -2.48. The maximum absolute atomic E-state index is 13.3. The molecule has 0 atom stereocenters. The zero-order valence-electron chi connectivity index (χ0n) is 8.20. The minimum Gasteiger partial charge on any atom is -0.350 e. The predicted octanol–water partition coefficient (Wildman–Crippen LogP) is 1.15. The Balaban J connectivity index is 2.10. The summed E-state index contributed by atoms with van der Waals surface area (Å²) in [5.74, 6) is 0.146. The highest BCUT2D eigenvalue weighted by atomic mass is 19.1. The minimum absolute atomic E-state index is 0.149. The van der Waals surface area contributed by atoms with Gasteiger partial charge >= 0.3 is 0 Å². The molecule has 0 unspecified atom stereocenters. The van der Waals surface area contributed by atoms with Gasteiger partial charge in [-0.3, -0.25) is 0 Å². The third-order valence-corrected chi connectivity index (χ3v) is 2.75. The standard InChI is InChI=1S/C10H14FN3/c1-2-10(12)6-14(7-10)9-8(11)4-3-5-13-9/h3-5H,2,6-7,12H2,1H3. The summed E-state index contributed by atoms with van der Waals surface area (Å²) in [6, 6.07) is 3.01. The van der Waals surface area contributed by atoms with Gasteiger partial charge in [0, 0.05) is 19.3 Å². The van der Waals surface area contributed by atoms with E-state index in [1.807, 2.05) is 11.8 Å². The summed E-state index contributed by atoms with van der Waals surface area (Å²) in [6.45, 7) is 3.43. The highest BCUT2D eigenvalue weighted by molar-refractivity contribution is 5.45. The van der Waals surface area contributed by atoms with Crippen LogP contribution in [0.5, 0.6) is 0 Å². The van der Waals surface area contributed by atoms with Gasteiger partial charge in [-0.1, -0.05) is 6.92 Å². The van der Waals surface area contributed by atoms with E-state index in [9.17, 15) is 4.39 Å². The Morgan fingerprint density at radius 2 is 2.36 bits per heavy atom. The van der Waals surface area contributed by atoms with E-state index >= 15 is 0 Å². The fourth-order valence-electron chi connectivity index (χ4n) is 1.70. The molecule has 0 spiro atoms. The van der Waals surface area contributed by atoms with Crippen LogP contribution in [-0.2, 0) is 0 Å². The van der Waals surface area contributed by atoms with E-state index in [1.54, 1.807) is 12.3 Å². The van der Waals surface area contributed by atoms with Crippen LogP contribution in [0.4, 0.5) is 10.2 Å². The summed E-state index contributed by atoms with van der Waals surface area (Å²) in [6.07, 6.45) is 2.51. The Labute approximate surface area is 82.7 Å². The van der Waals surface area contributed by atoms with Gasteiger partial charge in [0.1, 0.15) is 0 Å². The number of hydrogen-bond acceptors (Lipinski definition) is 3. The molecule has 1 fully saturated rings. The van der Waals surface area contributed by atoms with Crippen molar-refractivity contribution in [1.82, 2.24) is 4.98 Å². The lowest BCUT2D eigenvalue weighted by atomic mass is 9.88. The Kier molecular flexibility index (Phi) is 2.15. The number of aromatic nitrogens is 1. The number of pyridine rings is 1. The first-order valence-corrected chi connectivity index (χ1v) is 4.79. The van der Waals surface area contributed by atoms with Gasteiger partial charge in [0.15, 0.2) is 11.6 Å². The van der Waals surface area contributed by atoms with Gasteiger partial charge in [0.2, 0.25) is 0 Å². The summed E-state index contributed by atoms with van der Waals surface area (Å²) >= 11 is 0. The molecule has 0 aromatic carbocycles. The molecule has 14 heavy (non-hydrogen) atoms. The fourth-order valence-corrected chi connectivity index (χ4v) is 1.70. The van der Waals surface area contributed by atoms with E-state index in [2.05, 4.69) is 4.98 Å². The van der Waals surface area contributed by atoms with Crippen molar-refractivity contribution >= 4 is 5.82 Å². The molecule has 1 aliphatic heterocycles. The second-order valence-corrected chi connectivity index (χ2v) is 3.88. The van der Waals surface area contributed by atoms with E-state index in [1.165, 1.54) is 6.07 Å². The lowest BCUT2D eigenvalue weighted by molar-refractivity contribution is 0.317. The highest BCUT2D eigenvalue weighted by Gasteiger charge is 2.39. The van der Waals surface area contributed by atoms with Gasteiger partial charge in [-0.2, -0.15) is 0 Å². The molecule has 1 aromatic rings. The van der Waals surface area contributed by atoms with Crippen LogP contribution < -0.4 is 10.6 Å². The summed E-state index contributed by atoms with van der Waals surface area (Å²) in [7, 11) is 0. The normalized spacial score (nSPS) is 19.2. The van der Waals surface area contributed by atoms with E-state index in [0.717, 1.165) is 6.42 Å². The molecule has 76 valence electrons. The van der Waals surface area contributed by atoms with Crippen molar-refractivity contribution in [1.29, 1.82) is 0 Å². The number of anilines is 1. The van der Waals surface area contributed by atoms with Gasteiger partial charge in [0.25, 0.3) is 0 Å². The average molecular weight is 195 g/mol. The molecule has 0 radical (unpaired) electrons. The maximum Gasteiger partial charge on any atom is 0.165 e. The largest absolute Gasteiger partial charge is 0.350 e. The SMILES string of the molecule is CCC1(N)CN(c2ncccc2F)C1. The third kappa shape index (κ3) is 1.46.